The van der Waals surface area contributed by atoms with Gasteiger partial charge in [0.25, 0.3) is 5.91 Å². The first-order chi connectivity index (χ1) is 11.2. The van der Waals surface area contributed by atoms with E-state index in [2.05, 4.69) is 0 Å². The van der Waals surface area contributed by atoms with Crippen LogP contribution in [-0.4, -0.2) is 39.3 Å². The molecule has 24 heavy (non-hydrogen) atoms. The Hall–Kier alpha value is -2.23. The Morgan fingerprint density at radius 3 is 2.33 bits per heavy atom. The van der Waals surface area contributed by atoms with E-state index in [1.54, 1.807) is 30.3 Å². The fourth-order valence-corrected chi connectivity index (χ4v) is 3.80. The van der Waals surface area contributed by atoms with E-state index in [-0.39, 0.29) is 9.77 Å². The highest BCUT2D eigenvalue weighted by Gasteiger charge is 2.30. The summed E-state index contributed by atoms with van der Waals surface area (Å²) in [4.78, 5) is 25.5. The monoisotopic (exact) mass is 368 g/mol. The highest BCUT2D eigenvalue weighted by Crippen LogP contribution is 2.26. The molecule has 0 saturated carbocycles. The Morgan fingerprint density at radius 1 is 1.17 bits per heavy atom. The topological polar surface area (TPSA) is 107 Å². The predicted octanol–water partition coefficient (Wildman–Crippen LogP) is 1.38. The minimum atomic E-state index is -4.06. The summed E-state index contributed by atoms with van der Waals surface area (Å²) in [5.74, 6) is -1.36. The van der Waals surface area contributed by atoms with Gasteiger partial charge in [0.2, 0.25) is 16.1 Å². The van der Waals surface area contributed by atoms with Gasteiger partial charge in [0.05, 0.1) is 0 Å². The minimum Gasteiger partial charge on any atom is -0.443 e. The van der Waals surface area contributed by atoms with Crippen LogP contribution in [0.3, 0.4) is 0 Å². The Balaban J connectivity index is 2.36. The van der Waals surface area contributed by atoms with E-state index >= 15 is 0 Å². The van der Waals surface area contributed by atoms with Crippen LogP contribution in [0.5, 0.6) is 0 Å². The van der Waals surface area contributed by atoms with Crippen LogP contribution in [0.1, 0.15) is 21.3 Å². The molecule has 0 spiro atoms. The summed E-state index contributed by atoms with van der Waals surface area (Å²) in [6.07, 6.45) is -1.18. The fraction of sp³-hybridized carbons (Fsp3) is 0.200. The van der Waals surface area contributed by atoms with E-state index in [0.717, 1.165) is 11.3 Å². The average molecular weight is 368 g/mol. The van der Waals surface area contributed by atoms with E-state index in [1.807, 2.05) is 0 Å². The molecule has 7 nitrogen and oxygen atoms in total. The van der Waals surface area contributed by atoms with Crippen LogP contribution in [0, 0.1) is 0 Å². The number of thiophene rings is 1. The average Bonchev–Trinajstić information content (AvgIpc) is 3.02. The van der Waals surface area contributed by atoms with Crippen molar-refractivity contribution >= 4 is 33.2 Å². The fourth-order valence-electron chi connectivity index (χ4n) is 1.95. The third kappa shape index (κ3) is 3.99. The van der Waals surface area contributed by atoms with Crippen LogP contribution >= 0.6 is 11.3 Å². The lowest BCUT2D eigenvalue weighted by Gasteiger charge is -2.21. The summed E-state index contributed by atoms with van der Waals surface area (Å²) in [7, 11) is -0.988. The molecule has 1 heterocycles. The van der Waals surface area contributed by atoms with Crippen molar-refractivity contribution in [2.75, 3.05) is 14.1 Å². The Kier molecular flexibility index (Phi) is 5.37. The highest BCUT2D eigenvalue weighted by atomic mass is 32.2. The van der Waals surface area contributed by atoms with Gasteiger partial charge >= 0.3 is 5.97 Å². The first-order valence-electron chi connectivity index (χ1n) is 6.79. The zero-order valence-electron chi connectivity index (χ0n) is 13.0. The van der Waals surface area contributed by atoms with Crippen molar-refractivity contribution < 1.29 is 22.7 Å². The van der Waals surface area contributed by atoms with Crippen molar-refractivity contribution in [1.82, 2.24) is 4.90 Å². The first kappa shape index (κ1) is 18.1. The molecular formula is C15H16N2O5S2. The maximum Gasteiger partial charge on any atom is 0.350 e. The van der Waals surface area contributed by atoms with E-state index in [4.69, 9.17) is 9.88 Å². The third-order valence-electron chi connectivity index (χ3n) is 3.11. The molecule has 2 N–H and O–H groups in total. The minimum absolute atomic E-state index is 0.162. The number of sulfonamides is 1. The SMILES string of the molecule is CN(C)C(=O)[C@H](OC(=O)c1sccc1S(N)(=O)=O)c1ccccc1. The second-order valence-corrected chi connectivity index (χ2v) is 7.53. The molecule has 0 fully saturated rings. The highest BCUT2D eigenvalue weighted by molar-refractivity contribution is 7.89. The number of rotatable bonds is 5. The van der Waals surface area contributed by atoms with Gasteiger partial charge in [0.1, 0.15) is 9.77 Å². The number of benzene rings is 1. The van der Waals surface area contributed by atoms with Gasteiger partial charge in [-0.05, 0) is 11.4 Å². The lowest BCUT2D eigenvalue weighted by atomic mass is 10.1. The normalized spacial score (nSPS) is 12.5. The number of nitrogens with zero attached hydrogens (tertiary/aromatic N) is 1. The summed E-state index contributed by atoms with van der Waals surface area (Å²) in [6, 6.07) is 9.70. The Bertz CT molecular complexity index is 844. The van der Waals surface area contributed by atoms with Crippen molar-refractivity contribution in [3.8, 4) is 0 Å². The van der Waals surface area contributed by atoms with Gasteiger partial charge in [0.15, 0.2) is 0 Å². The van der Waals surface area contributed by atoms with Gasteiger partial charge in [-0.1, -0.05) is 30.3 Å². The second-order valence-electron chi connectivity index (χ2n) is 5.09. The van der Waals surface area contributed by atoms with E-state index < -0.39 is 28.0 Å². The van der Waals surface area contributed by atoms with E-state index in [1.165, 1.54) is 30.4 Å². The van der Waals surface area contributed by atoms with E-state index in [0.29, 0.717) is 5.56 Å². The number of carbonyl (C=O) groups excluding carboxylic acids is 2. The Morgan fingerprint density at radius 2 is 1.79 bits per heavy atom. The lowest BCUT2D eigenvalue weighted by molar-refractivity contribution is -0.138. The van der Waals surface area contributed by atoms with Gasteiger partial charge in [-0.2, -0.15) is 0 Å². The summed E-state index contributed by atoms with van der Waals surface area (Å²) < 4.78 is 28.3. The summed E-state index contributed by atoms with van der Waals surface area (Å²) >= 11 is 0.883. The molecule has 2 rings (SSSR count). The van der Waals surface area contributed by atoms with Gasteiger partial charge in [-0.3, -0.25) is 4.79 Å². The number of ether oxygens (including phenoxy) is 1. The molecule has 0 bridgehead atoms. The molecule has 9 heteroatoms. The molecule has 0 radical (unpaired) electrons. The van der Waals surface area contributed by atoms with Gasteiger partial charge in [-0.25, -0.2) is 18.4 Å². The molecule has 0 aliphatic carbocycles. The number of primary sulfonamides is 1. The number of hydrogen-bond acceptors (Lipinski definition) is 6. The zero-order chi connectivity index (χ0) is 17.9. The standard InChI is InChI=1S/C15H16N2O5S2/c1-17(2)14(18)12(10-6-4-3-5-7-10)22-15(19)13-11(8-9-23-13)24(16,20)21/h3-9,12H,1-2H3,(H2,16,20,21)/t12-/m1/s1. The number of esters is 1. The largest absolute Gasteiger partial charge is 0.443 e. The number of amides is 1. The van der Waals surface area contributed by atoms with Crippen LogP contribution in [0.2, 0.25) is 0 Å². The van der Waals surface area contributed by atoms with Crippen molar-refractivity contribution in [3.05, 3.63) is 52.2 Å². The molecule has 128 valence electrons. The number of likely N-dealkylation sites (N-methyl/N-ethyl adjacent to an activating group) is 1. The molecule has 1 aromatic heterocycles. The van der Waals surface area contributed by atoms with Crippen molar-refractivity contribution in [3.63, 3.8) is 0 Å². The molecule has 0 saturated heterocycles. The van der Waals surface area contributed by atoms with Crippen LogP contribution in [0.25, 0.3) is 0 Å². The van der Waals surface area contributed by atoms with Crippen molar-refractivity contribution in [2.45, 2.75) is 11.0 Å². The third-order valence-corrected chi connectivity index (χ3v) is 5.09. The quantitative estimate of drug-likeness (QED) is 0.803. The summed E-state index contributed by atoms with van der Waals surface area (Å²) in [6.45, 7) is 0. The molecular weight excluding hydrogens is 352 g/mol. The molecule has 1 aromatic carbocycles. The van der Waals surface area contributed by atoms with Crippen LogP contribution in [-0.2, 0) is 19.6 Å². The molecule has 0 aliphatic rings. The second kappa shape index (κ2) is 7.12. The maximum absolute atomic E-state index is 12.4. The number of carbonyl (C=O) groups is 2. The molecule has 0 unspecified atom stereocenters. The molecule has 2 aromatic rings. The lowest BCUT2D eigenvalue weighted by Crippen LogP contribution is -2.31. The zero-order valence-corrected chi connectivity index (χ0v) is 14.6. The Labute approximate surface area is 143 Å². The first-order valence-corrected chi connectivity index (χ1v) is 9.22. The van der Waals surface area contributed by atoms with Crippen molar-refractivity contribution in [1.29, 1.82) is 0 Å². The molecule has 1 amide bonds. The molecule has 0 aliphatic heterocycles. The predicted molar refractivity (Wildman–Crippen MR) is 89.0 cm³/mol. The summed E-state index contributed by atoms with van der Waals surface area (Å²) in [5.41, 5.74) is 0.485. The van der Waals surface area contributed by atoms with Crippen LogP contribution < -0.4 is 5.14 Å². The smallest absolute Gasteiger partial charge is 0.350 e. The van der Waals surface area contributed by atoms with Gasteiger partial charge in [-0.15, -0.1) is 11.3 Å². The van der Waals surface area contributed by atoms with Crippen LogP contribution in [0.4, 0.5) is 0 Å². The van der Waals surface area contributed by atoms with Crippen LogP contribution in [0.15, 0.2) is 46.7 Å². The van der Waals surface area contributed by atoms with Gasteiger partial charge in [0, 0.05) is 19.7 Å². The number of nitrogens with two attached hydrogens (primary N) is 1. The summed E-state index contributed by atoms with van der Waals surface area (Å²) in [5, 5.41) is 6.50. The van der Waals surface area contributed by atoms with E-state index in [9.17, 15) is 18.0 Å². The number of hydrogen-bond donors (Lipinski definition) is 1. The van der Waals surface area contributed by atoms with Gasteiger partial charge < -0.3 is 9.64 Å². The van der Waals surface area contributed by atoms with Crippen molar-refractivity contribution in [2.24, 2.45) is 5.14 Å². The maximum atomic E-state index is 12.4. The molecule has 1 atom stereocenters.